The van der Waals surface area contributed by atoms with E-state index in [0.717, 1.165) is 11.1 Å². The topological polar surface area (TPSA) is 44.8 Å². The van der Waals surface area contributed by atoms with Gasteiger partial charge in [-0.2, -0.15) is 0 Å². The second kappa shape index (κ2) is 6.71. The first-order valence-electron chi connectivity index (χ1n) is 6.99. The van der Waals surface area contributed by atoms with Gasteiger partial charge in [0.2, 0.25) is 0 Å². The van der Waals surface area contributed by atoms with Crippen LogP contribution in [-0.2, 0) is 22.6 Å². The molecule has 22 heavy (non-hydrogen) atoms. The second-order valence-electron chi connectivity index (χ2n) is 4.95. The summed E-state index contributed by atoms with van der Waals surface area (Å²) in [5.41, 5.74) is 1.70. The largest absolute Gasteiger partial charge is 0.486 e. The van der Waals surface area contributed by atoms with Crippen molar-refractivity contribution in [3.63, 3.8) is 0 Å². The van der Waals surface area contributed by atoms with Crippen LogP contribution in [0.2, 0.25) is 5.02 Å². The first-order valence-corrected chi connectivity index (χ1v) is 7.37. The van der Waals surface area contributed by atoms with Gasteiger partial charge in [-0.3, -0.25) is 4.79 Å². The molecule has 0 N–H and O–H groups in total. The summed E-state index contributed by atoms with van der Waals surface area (Å²) in [6.07, 6.45) is 0.192. The van der Waals surface area contributed by atoms with E-state index >= 15 is 0 Å². The van der Waals surface area contributed by atoms with Gasteiger partial charge in [-0.25, -0.2) is 0 Å². The van der Waals surface area contributed by atoms with Crippen molar-refractivity contribution < 1.29 is 19.0 Å². The molecule has 0 amide bonds. The molecule has 0 aromatic heterocycles. The number of hydrogen-bond donors (Lipinski definition) is 0. The van der Waals surface area contributed by atoms with Gasteiger partial charge in [0.05, 0.1) is 6.42 Å². The Morgan fingerprint density at radius 1 is 1.05 bits per heavy atom. The van der Waals surface area contributed by atoms with E-state index in [1.807, 2.05) is 30.3 Å². The molecule has 0 unspecified atom stereocenters. The maximum atomic E-state index is 11.9. The zero-order valence-electron chi connectivity index (χ0n) is 11.9. The van der Waals surface area contributed by atoms with Crippen LogP contribution in [0, 0.1) is 0 Å². The van der Waals surface area contributed by atoms with Gasteiger partial charge in [0.1, 0.15) is 19.8 Å². The molecule has 3 rings (SSSR count). The average Bonchev–Trinajstić information content (AvgIpc) is 2.53. The van der Waals surface area contributed by atoms with Crippen LogP contribution in [-0.4, -0.2) is 19.2 Å². The fraction of sp³-hybridized carbons (Fsp3) is 0.235. The van der Waals surface area contributed by atoms with Crippen molar-refractivity contribution in [3.8, 4) is 11.5 Å². The molecule has 2 aromatic rings. The predicted octanol–water partition coefficient (Wildman–Crippen LogP) is 3.40. The number of esters is 1. The molecule has 5 heteroatoms. The Kier molecular flexibility index (Phi) is 4.49. The Labute approximate surface area is 133 Å². The molecule has 1 heterocycles. The van der Waals surface area contributed by atoms with Gasteiger partial charge in [0, 0.05) is 5.02 Å². The maximum absolute atomic E-state index is 11.9. The molecule has 1 aliphatic rings. The van der Waals surface area contributed by atoms with Crippen molar-refractivity contribution in [2.24, 2.45) is 0 Å². The van der Waals surface area contributed by atoms with E-state index in [2.05, 4.69) is 0 Å². The van der Waals surface area contributed by atoms with Crippen LogP contribution in [0.15, 0.2) is 42.5 Å². The summed E-state index contributed by atoms with van der Waals surface area (Å²) in [5, 5.41) is 0.625. The van der Waals surface area contributed by atoms with E-state index in [1.165, 1.54) is 0 Å². The van der Waals surface area contributed by atoms with Crippen molar-refractivity contribution in [1.29, 1.82) is 0 Å². The van der Waals surface area contributed by atoms with Gasteiger partial charge in [0.15, 0.2) is 11.5 Å². The molecule has 0 radical (unpaired) electrons. The van der Waals surface area contributed by atoms with E-state index in [1.54, 1.807) is 12.1 Å². The smallest absolute Gasteiger partial charge is 0.310 e. The zero-order valence-corrected chi connectivity index (χ0v) is 12.6. The summed E-state index contributed by atoms with van der Waals surface area (Å²) < 4.78 is 16.2. The Hall–Kier alpha value is -2.20. The Morgan fingerprint density at radius 2 is 1.86 bits per heavy atom. The minimum atomic E-state index is -0.295. The first kappa shape index (κ1) is 14.7. The lowest BCUT2D eigenvalue weighted by Gasteiger charge is -2.18. The second-order valence-corrected chi connectivity index (χ2v) is 5.38. The minimum absolute atomic E-state index is 0.192. The third-order valence-corrected chi connectivity index (χ3v) is 3.48. The molecule has 4 nitrogen and oxygen atoms in total. The molecule has 2 aromatic carbocycles. The summed E-state index contributed by atoms with van der Waals surface area (Å²) in [6, 6.07) is 12.7. The quantitative estimate of drug-likeness (QED) is 0.811. The molecular weight excluding hydrogens is 304 g/mol. The Bertz CT molecular complexity index is 684. The Balaban J connectivity index is 1.57. The molecule has 0 saturated carbocycles. The first-order chi connectivity index (χ1) is 10.7. The molecule has 0 fully saturated rings. The highest BCUT2D eigenvalue weighted by Gasteiger charge is 2.13. The zero-order chi connectivity index (χ0) is 15.4. The highest BCUT2D eigenvalue weighted by molar-refractivity contribution is 6.30. The third kappa shape index (κ3) is 3.71. The van der Waals surface area contributed by atoms with Crippen molar-refractivity contribution in [2.45, 2.75) is 13.0 Å². The van der Waals surface area contributed by atoms with Gasteiger partial charge in [-0.15, -0.1) is 0 Å². The summed E-state index contributed by atoms with van der Waals surface area (Å²) in [7, 11) is 0. The van der Waals surface area contributed by atoms with Crippen molar-refractivity contribution >= 4 is 17.6 Å². The van der Waals surface area contributed by atoms with E-state index in [4.69, 9.17) is 25.8 Å². The van der Waals surface area contributed by atoms with Gasteiger partial charge in [-0.1, -0.05) is 29.8 Å². The lowest BCUT2D eigenvalue weighted by Crippen LogP contribution is -2.15. The van der Waals surface area contributed by atoms with Crippen molar-refractivity contribution in [2.75, 3.05) is 13.2 Å². The third-order valence-electron chi connectivity index (χ3n) is 3.24. The lowest BCUT2D eigenvalue weighted by molar-refractivity contribution is -0.144. The highest BCUT2D eigenvalue weighted by Crippen LogP contribution is 2.30. The van der Waals surface area contributed by atoms with Gasteiger partial charge in [0.25, 0.3) is 0 Å². The number of carbonyl (C=O) groups is 1. The highest BCUT2D eigenvalue weighted by atomic mass is 35.5. The summed E-state index contributed by atoms with van der Waals surface area (Å²) in [4.78, 5) is 11.9. The van der Waals surface area contributed by atoms with Crippen LogP contribution in [0.1, 0.15) is 11.1 Å². The molecular formula is C17H15ClO4. The van der Waals surface area contributed by atoms with Crippen molar-refractivity contribution in [3.05, 3.63) is 58.6 Å². The standard InChI is InChI=1S/C17H15ClO4/c18-14-3-1-2-13(8-14)11-22-17(19)10-12-4-5-15-16(9-12)21-7-6-20-15/h1-5,8-9H,6-7,10-11H2. The van der Waals surface area contributed by atoms with Crippen molar-refractivity contribution in [1.82, 2.24) is 0 Å². The Morgan fingerprint density at radius 3 is 2.68 bits per heavy atom. The SMILES string of the molecule is O=C(Cc1ccc2c(c1)OCCO2)OCc1cccc(Cl)c1. The normalized spacial score (nSPS) is 12.8. The van der Waals surface area contributed by atoms with Crippen LogP contribution < -0.4 is 9.47 Å². The molecule has 0 spiro atoms. The summed E-state index contributed by atoms with van der Waals surface area (Å²) >= 11 is 5.89. The molecule has 114 valence electrons. The van der Waals surface area contributed by atoms with Crippen LogP contribution >= 0.6 is 11.6 Å². The fourth-order valence-electron chi connectivity index (χ4n) is 2.21. The van der Waals surface area contributed by atoms with E-state index in [0.29, 0.717) is 29.7 Å². The number of halogens is 1. The monoisotopic (exact) mass is 318 g/mol. The molecule has 0 aliphatic carbocycles. The number of ether oxygens (including phenoxy) is 3. The number of carbonyl (C=O) groups excluding carboxylic acids is 1. The summed E-state index contributed by atoms with van der Waals surface area (Å²) in [6.45, 7) is 1.29. The lowest BCUT2D eigenvalue weighted by atomic mass is 10.1. The van der Waals surface area contributed by atoms with E-state index < -0.39 is 0 Å². The number of rotatable bonds is 4. The molecule has 1 aliphatic heterocycles. The minimum Gasteiger partial charge on any atom is -0.486 e. The number of hydrogen-bond acceptors (Lipinski definition) is 4. The van der Waals surface area contributed by atoms with Crippen LogP contribution in [0.25, 0.3) is 0 Å². The van der Waals surface area contributed by atoms with E-state index in [-0.39, 0.29) is 19.0 Å². The van der Waals surface area contributed by atoms with Gasteiger partial charge >= 0.3 is 5.97 Å². The van der Waals surface area contributed by atoms with Crippen LogP contribution in [0.3, 0.4) is 0 Å². The number of fused-ring (bicyclic) bond motifs is 1. The predicted molar refractivity (Wildman–Crippen MR) is 82.4 cm³/mol. The van der Waals surface area contributed by atoms with Gasteiger partial charge in [-0.05, 0) is 35.4 Å². The van der Waals surface area contributed by atoms with Crippen LogP contribution in [0.4, 0.5) is 0 Å². The molecule has 0 saturated heterocycles. The maximum Gasteiger partial charge on any atom is 0.310 e. The van der Waals surface area contributed by atoms with E-state index in [9.17, 15) is 4.79 Å². The average molecular weight is 319 g/mol. The fourth-order valence-corrected chi connectivity index (χ4v) is 2.42. The molecule has 0 atom stereocenters. The van der Waals surface area contributed by atoms with Crippen LogP contribution in [0.5, 0.6) is 11.5 Å². The molecule has 0 bridgehead atoms. The summed E-state index contributed by atoms with van der Waals surface area (Å²) in [5.74, 6) is 1.09. The number of benzene rings is 2. The van der Waals surface area contributed by atoms with Gasteiger partial charge < -0.3 is 14.2 Å².